The minimum Gasteiger partial charge on any atom is -0.472 e. The van der Waals surface area contributed by atoms with Crippen LogP contribution in [0.1, 0.15) is 12.0 Å². The summed E-state index contributed by atoms with van der Waals surface area (Å²) in [5.74, 6) is 1.67. The molecule has 1 aromatic carbocycles. The number of anilines is 2. The van der Waals surface area contributed by atoms with Gasteiger partial charge in [-0.15, -0.1) is 0 Å². The van der Waals surface area contributed by atoms with Gasteiger partial charge in [0.15, 0.2) is 0 Å². The molecule has 0 aliphatic carbocycles. The van der Waals surface area contributed by atoms with Crippen molar-refractivity contribution >= 4 is 35.1 Å². The van der Waals surface area contributed by atoms with E-state index >= 15 is 0 Å². The number of hydrogen-bond donors (Lipinski definition) is 1. The van der Waals surface area contributed by atoms with Gasteiger partial charge in [0, 0.05) is 43.3 Å². The van der Waals surface area contributed by atoms with Gasteiger partial charge >= 0.3 is 0 Å². The highest BCUT2D eigenvalue weighted by atomic mass is 35.5. The van der Waals surface area contributed by atoms with Crippen LogP contribution in [-0.2, 0) is 6.61 Å². The summed E-state index contributed by atoms with van der Waals surface area (Å²) in [7, 11) is 4.07. The Labute approximate surface area is 197 Å². The van der Waals surface area contributed by atoms with E-state index in [9.17, 15) is 0 Å². The Hall–Kier alpha value is -2.97. The van der Waals surface area contributed by atoms with Gasteiger partial charge in [-0.1, -0.05) is 35.5 Å². The first-order valence-corrected chi connectivity index (χ1v) is 11.4. The molecule has 2 aromatic heterocycles. The monoisotopic (exact) mass is 468 g/mol. The number of hydrogen-bond acceptors (Lipinski definition) is 8. The minimum absolute atomic E-state index is 0.357. The molecule has 4 rings (SSSR count). The summed E-state index contributed by atoms with van der Waals surface area (Å²) >= 11 is 7.61. The normalized spacial score (nSPS) is 14.7. The third-order valence-corrected chi connectivity index (χ3v) is 5.99. The minimum atomic E-state index is 0.357. The molecule has 1 aliphatic rings. The van der Waals surface area contributed by atoms with Crippen molar-refractivity contribution in [2.45, 2.75) is 22.8 Å². The second kappa shape index (κ2) is 10.1. The Bertz CT molecular complexity index is 1110. The molecule has 166 valence electrons. The standard InChI is InChI=1S/C23H25ClN6OS/c1-29(2)13-17-8-9-30(14-17)23-27-12-20(32-19-6-7-21(25)26-11-19)22(28-23)31-15-16-4-3-5-18(24)10-16/h3-7,10-13H,8-9,14-15H2,1-2H3,(H2,25,26)/b17-13-. The van der Waals surface area contributed by atoms with E-state index in [2.05, 4.69) is 26.0 Å². The van der Waals surface area contributed by atoms with Gasteiger partial charge in [-0.3, -0.25) is 0 Å². The third-order valence-electron chi connectivity index (χ3n) is 4.78. The molecule has 0 unspecified atom stereocenters. The molecule has 0 amide bonds. The number of aromatic nitrogens is 3. The highest BCUT2D eigenvalue weighted by Gasteiger charge is 2.21. The number of rotatable bonds is 7. The predicted octanol–water partition coefficient (Wildman–Crippen LogP) is 4.49. The summed E-state index contributed by atoms with van der Waals surface area (Å²) in [6, 6.07) is 11.3. The molecule has 0 radical (unpaired) electrons. The topological polar surface area (TPSA) is 80.4 Å². The number of pyridine rings is 1. The molecule has 1 fully saturated rings. The van der Waals surface area contributed by atoms with Crippen molar-refractivity contribution in [1.29, 1.82) is 0 Å². The van der Waals surface area contributed by atoms with Gasteiger partial charge in [-0.05, 0) is 48.0 Å². The molecule has 2 N–H and O–H groups in total. The van der Waals surface area contributed by atoms with Crippen LogP contribution in [0.4, 0.5) is 11.8 Å². The fraction of sp³-hybridized carbons (Fsp3) is 0.261. The van der Waals surface area contributed by atoms with Crippen molar-refractivity contribution in [3.05, 3.63) is 71.2 Å². The van der Waals surface area contributed by atoms with Gasteiger partial charge < -0.3 is 20.3 Å². The Morgan fingerprint density at radius 1 is 1.22 bits per heavy atom. The molecule has 1 aliphatic heterocycles. The number of nitrogens with two attached hydrogens (primary N) is 1. The summed E-state index contributed by atoms with van der Waals surface area (Å²) in [4.78, 5) is 19.5. The van der Waals surface area contributed by atoms with Crippen LogP contribution in [0, 0.1) is 0 Å². The maximum Gasteiger partial charge on any atom is 0.232 e. The van der Waals surface area contributed by atoms with Crippen LogP contribution >= 0.6 is 23.4 Å². The summed E-state index contributed by atoms with van der Waals surface area (Å²) in [5, 5.41) is 0.675. The highest BCUT2D eigenvalue weighted by Crippen LogP contribution is 2.35. The average Bonchev–Trinajstić information content (AvgIpc) is 3.22. The lowest BCUT2D eigenvalue weighted by Crippen LogP contribution is -2.21. The highest BCUT2D eigenvalue weighted by molar-refractivity contribution is 7.99. The second-order valence-electron chi connectivity index (χ2n) is 7.70. The van der Waals surface area contributed by atoms with Crippen LogP contribution in [0.15, 0.2) is 70.4 Å². The van der Waals surface area contributed by atoms with Crippen LogP contribution in [0.2, 0.25) is 5.02 Å². The summed E-state index contributed by atoms with van der Waals surface area (Å²) in [6.07, 6.45) is 6.69. The van der Waals surface area contributed by atoms with E-state index in [4.69, 9.17) is 27.1 Å². The lowest BCUT2D eigenvalue weighted by Gasteiger charge is -2.17. The number of ether oxygens (including phenoxy) is 1. The molecule has 7 nitrogen and oxygen atoms in total. The smallest absolute Gasteiger partial charge is 0.232 e. The molecule has 32 heavy (non-hydrogen) atoms. The predicted molar refractivity (Wildman–Crippen MR) is 129 cm³/mol. The van der Waals surface area contributed by atoms with Crippen molar-refractivity contribution in [2.75, 3.05) is 37.8 Å². The van der Waals surface area contributed by atoms with E-state index < -0.39 is 0 Å². The van der Waals surface area contributed by atoms with E-state index in [1.807, 2.05) is 50.6 Å². The largest absolute Gasteiger partial charge is 0.472 e. The molecule has 1 saturated heterocycles. The first-order chi connectivity index (χ1) is 15.5. The number of nitrogen functional groups attached to an aromatic ring is 1. The first kappa shape index (κ1) is 22.2. The van der Waals surface area contributed by atoms with E-state index in [1.165, 1.54) is 17.3 Å². The molecule has 3 aromatic rings. The van der Waals surface area contributed by atoms with Crippen LogP contribution in [0.3, 0.4) is 0 Å². The summed E-state index contributed by atoms with van der Waals surface area (Å²) in [6.45, 7) is 2.04. The first-order valence-electron chi connectivity index (χ1n) is 10.2. The maximum atomic E-state index is 6.14. The van der Waals surface area contributed by atoms with Gasteiger partial charge in [-0.25, -0.2) is 9.97 Å². The van der Waals surface area contributed by atoms with E-state index in [1.54, 1.807) is 12.3 Å². The van der Waals surface area contributed by atoms with Crippen molar-refractivity contribution in [3.63, 3.8) is 0 Å². The summed E-state index contributed by atoms with van der Waals surface area (Å²) in [5.41, 5.74) is 8.04. The van der Waals surface area contributed by atoms with Crippen LogP contribution in [0.5, 0.6) is 5.88 Å². The summed E-state index contributed by atoms with van der Waals surface area (Å²) < 4.78 is 6.14. The Kier molecular flexibility index (Phi) is 7.02. The molecule has 0 atom stereocenters. The van der Waals surface area contributed by atoms with Crippen molar-refractivity contribution < 1.29 is 4.74 Å². The van der Waals surface area contributed by atoms with Crippen LogP contribution < -0.4 is 15.4 Å². The molecule has 3 heterocycles. The van der Waals surface area contributed by atoms with Gasteiger partial charge in [0.05, 0.1) is 11.1 Å². The van der Waals surface area contributed by atoms with Gasteiger partial charge in [0.1, 0.15) is 12.4 Å². The zero-order chi connectivity index (χ0) is 22.5. The maximum absolute atomic E-state index is 6.14. The molecule has 0 spiro atoms. The average molecular weight is 469 g/mol. The zero-order valence-corrected chi connectivity index (χ0v) is 19.6. The van der Waals surface area contributed by atoms with E-state index in [0.29, 0.717) is 29.3 Å². The van der Waals surface area contributed by atoms with Gasteiger partial charge in [-0.2, -0.15) is 4.98 Å². The lowest BCUT2D eigenvalue weighted by atomic mass is 10.2. The second-order valence-corrected chi connectivity index (χ2v) is 9.25. The Morgan fingerprint density at radius 3 is 2.84 bits per heavy atom. The molecule has 0 saturated carbocycles. The Balaban J connectivity index is 1.58. The zero-order valence-electron chi connectivity index (χ0n) is 18.0. The molecular formula is C23H25ClN6OS. The molecule has 0 bridgehead atoms. The number of halogens is 1. The van der Waals surface area contributed by atoms with E-state index in [-0.39, 0.29) is 0 Å². The quantitative estimate of drug-likeness (QED) is 0.543. The fourth-order valence-corrected chi connectivity index (χ4v) is 4.36. The number of benzene rings is 1. The molecule has 9 heteroatoms. The SMILES string of the molecule is CN(C)/C=C1/CCN(c2ncc(Sc3ccc(N)nc3)c(OCc3cccc(Cl)c3)n2)C1. The van der Waals surface area contributed by atoms with Crippen molar-refractivity contribution in [3.8, 4) is 5.88 Å². The molecular weight excluding hydrogens is 444 g/mol. The van der Waals surface area contributed by atoms with Crippen molar-refractivity contribution in [2.24, 2.45) is 0 Å². The van der Waals surface area contributed by atoms with Crippen LogP contribution in [0.25, 0.3) is 0 Å². The number of nitrogens with zero attached hydrogens (tertiary/aromatic N) is 5. The fourth-order valence-electron chi connectivity index (χ4n) is 3.35. The van der Waals surface area contributed by atoms with Gasteiger partial charge in [0.25, 0.3) is 0 Å². The lowest BCUT2D eigenvalue weighted by molar-refractivity contribution is 0.285. The van der Waals surface area contributed by atoms with E-state index in [0.717, 1.165) is 34.9 Å². The van der Waals surface area contributed by atoms with Gasteiger partial charge in [0.2, 0.25) is 11.8 Å². The van der Waals surface area contributed by atoms with Crippen molar-refractivity contribution in [1.82, 2.24) is 19.9 Å². The third kappa shape index (κ3) is 5.83. The Morgan fingerprint density at radius 2 is 2.09 bits per heavy atom. The van der Waals surface area contributed by atoms with Crippen LogP contribution in [-0.4, -0.2) is 47.0 Å².